The normalized spacial score (nSPS) is 10.1. The van der Waals surface area contributed by atoms with Crippen molar-refractivity contribution in [1.29, 1.82) is 0 Å². The quantitative estimate of drug-likeness (QED) is 0.752. The fourth-order valence-corrected chi connectivity index (χ4v) is 1.91. The summed E-state index contributed by atoms with van der Waals surface area (Å²) in [5, 5.41) is 11.7. The Hall–Kier alpha value is -2.34. The summed E-state index contributed by atoms with van der Waals surface area (Å²) in [6.07, 6.45) is 0. The molecule has 5 nitrogen and oxygen atoms in total. The predicted molar refractivity (Wildman–Crippen MR) is 79.9 cm³/mol. The van der Waals surface area contributed by atoms with E-state index in [0.29, 0.717) is 11.3 Å². The van der Waals surface area contributed by atoms with Gasteiger partial charge in [-0.15, -0.1) is 0 Å². The van der Waals surface area contributed by atoms with Crippen LogP contribution in [0.4, 0.5) is 11.4 Å². The average molecular weight is 335 g/mol. The third-order valence-electron chi connectivity index (χ3n) is 2.63. The molecule has 4 N–H and O–H groups in total. The SMILES string of the molecule is Nc1ccc(NC(=O)c2ccc(Br)cc2)c(C(=O)O)c1. The first-order valence-corrected chi connectivity index (χ1v) is 6.46. The number of aromatic carboxylic acids is 1. The van der Waals surface area contributed by atoms with Crippen molar-refractivity contribution in [2.75, 3.05) is 11.1 Å². The highest BCUT2D eigenvalue weighted by Gasteiger charge is 2.13. The van der Waals surface area contributed by atoms with Crippen LogP contribution in [0.3, 0.4) is 0 Å². The second-order valence-corrected chi connectivity index (χ2v) is 4.99. The average Bonchev–Trinajstić information content (AvgIpc) is 2.41. The summed E-state index contributed by atoms with van der Waals surface area (Å²) in [4.78, 5) is 23.2. The summed E-state index contributed by atoms with van der Waals surface area (Å²) in [5.74, 6) is -1.53. The molecule has 0 spiro atoms. The molecule has 0 saturated carbocycles. The second kappa shape index (κ2) is 5.75. The molecule has 6 heteroatoms. The molecule has 2 rings (SSSR count). The first-order chi connectivity index (χ1) is 9.47. The van der Waals surface area contributed by atoms with E-state index in [4.69, 9.17) is 10.8 Å². The van der Waals surface area contributed by atoms with Gasteiger partial charge in [-0.3, -0.25) is 4.79 Å². The summed E-state index contributed by atoms with van der Waals surface area (Å²) in [6, 6.07) is 11.0. The van der Waals surface area contributed by atoms with Gasteiger partial charge >= 0.3 is 5.97 Å². The van der Waals surface area contributed by atoms with Gasteiger partial charge in [0.2, 0.25) is 0 Å². The lowest BCUT2D eigenvalue weighted by molar-refractivity contribution is 0.0698. The molecule has 0 fully saturated rings. The highest BCUT2D eigenvalue weighted by molar-refractivity contribution is 9.10. The molecule has 0 aliphatic heterocycles. The zero-order valence-corrected chi connectivity index (χ0v) is 11.8. The Morgan fingerprint density at radius 3 is 2.35 bits per heavy atom. The van der Waals surface area contributed by atoms with E-state index in [1.807, 2.05) is 0 Å². The molecule has 0 aromatic heterocycles. The summed E-state index contributed by atoms with van der Waals surface area (Å²) in [5.41, 5.74) is 6.46. The van der Waals surface area contributed by atoms with Crippen LogP contribution < -0.4 is 11.1 Å². The second-order valence-electron chi connectivity index (χ2n) is 4.07. The molecule has 2 aromatic carbocycles. The van der Waals surface area contributed by atoms with Crippen LogP contribution in [0.15, 0.2) is 46.9 Å². The molecule has 0 saturated heterocycles. The van der Waals surface area contributed by atoms with Crippen LogP contribution in [0, 0.1) is 0 Å². The zero-order chi connectivity index (χ0) is 14.7. The molecule has 0 aliphatic rings. The molecule has 0 heterocycles. The number of nitrogens with one attached hydrogen (secondary N) is 1. The minimum Gasteiger partial charge on any atom is -0.478 e. The number of hydrogen-bond donors (Lipinski definition) is 3. The first-order valence-electron chi connectivity index (χ1n) is 5.67. The summed E-state index contributed by atoms with van der Waals surface area (Å²) in [6.45, 7) is 0. The van der Waals surface area contributed by atoms with Gasteiger partial charge in [0, 0.05) is 15.7 Å². The summed E-state index contributed by atoms with van der Waals surface area (Å²) >= 11 is 3.28. The molecule has 1 amide bonds. The number of carboxylic acid groups (broad SMARTS) is 1. The lowest BCUT2D eigenvalue weighted by Gasteiger charge is -2.09. The number of halogens is 1. The van der Waals surface area contributed by atoms with Crippen molar-refractivity contribution in [3.05, 3.63) is 58.1 Å². The third-order valence-corrected chi connectivity index (χ3v) is 3.16. The zero-order valence-electron chi connectivity index (χ0n) is 10.3. The number of carboxylic acids is 1. The van der Waals surface area contributed by atoms with Crippen molar-refractivity contribution in [3.8, 4) is 0 Å². The van der Waals surface area contributed by atoms with Crippen molar-refractivity contribution in [3.63, 3.8) is 0 Å². The van der Waals surface area contributed by atoms with Crippen LogP contribution in [-0.4, -0.2) is 17.0 Å². The van der Waals surface area contributed by atoms with Crippen LogP contribution in [0.1, 0.15) is 20.7 Å². The van der Waals surface area contributed by atoms with Gasteiger partial charge < -0.3 is 16.2 Å². The maximum absolute atomic E-state index is 12.0. The van der Waals surface area contributed by atoms with Gasteiger partial charge in [-0.1, -0.05) is 15.9 Å². The van der Waals surface area contributed by atoms with E-state index >= 15 is 0 Å². The number of hydrogen-bond acceptors (Lipinski definition) is 3. The highest BCUT2D eigenvalue weighted by Crippen LogP contribution is 2.20. The Kier molecular flexibility index (Phi) is 4.05. The van der Waals surface area contributed by atoms with Crippen LogP contribution >= 0.6 is 15.9 Å². The molecular formula is C14H11BrN2O3. The maximum atomic E-state index is 12.0. The fourth-order valence-electron chi connectivity index (χ4n) is 1.64. The topological polar surface area (TPSA) is 92.4 Å². The molecule has 0 bridgehead atoms. The van der Waals surface area contributed by atoms with Crippen LogP contribution in [0.25, 0.3) is 0 Å². The van der Waals surface area contributed by atoms with Gasteiger partial charge in [-0.2, -0.15) is 0 Å². The summed E-state index contributed by atoms with van der Waals surface area (Å²) < 4.78 is 0.854. The van der Waals surface area contributed by atoms with Crippen molar-refractivity contribution < 1.29 is 14.7 Å². The molecule has 0 unspecified atom stereocenters. The minimum absolute atomic E-state index is 0.0459. The minimum atomic E-state index is -1.15. The Balaban J connectivity index is 2.28. The number of nitrogens with two attached hydrogens (primary N) is 1. The van der Waals surface area contributed by atoms with E-state index in [9.17, 15) is 9.59 Å². The Labute approximate surface area is 123 Å². The molecule has 0 atom stereocenters. The van der Waals surface area contributed by atoms with Crippen LogP contribution in [-0.2, 0) is 0 Å². The lowest BCUT2D eigenvalue weighted by Crippen LogP contribution is -2.15. The molecule has 20 heavy (non-hydrogen) atoms. The number of nitrogen functional groups attached to an aromatic ring is 1. The Morgan fingerprint density at radius 2 is 1.75 bits per heavy atom. The number of carbonyl (C=O) groups is 2. The largest absolute Gasteiger partial charge is 0.478 e. The van der Waals surface area contributed by atoms with Gasteiger partial charge in [0.05, 0.1) is 11.3 Å². The van der Waals surface area contributed by atoms with E-state index in [2.05, 4.69) is 21.2 Å². The molecular weight excluding hydrogens is 324 g/mol. The van der Waals surface area contributed by atoms with Gasteiger partial charge in [0.1, 0.15) is 0 Å². The first kappa shape index (κ1) is 14.1. The van der Waals surface area contributed by atoms with Gasteiger partial charge in [0.25, 0.3) is 5.91 Å². The number of anilines is 2. The van der Waals surface area contributed by atoms with E-state index in [0.717, 1.165) is 4.47 Å². The monoisotopic (exact) mass is 334 g/mol. The number of rotatable bonds is 3. The smallest absolute Gasteiger partial charge is 0.337 e. The number of benzene rings is 2. The standard InChI is InChI=1S/C14H11BrN2O3/c15-9-3-1-8(2-4-9)13(18)17-12-6-5-10(16)7-11(12)14(19)20/h1-7H,16H2,(H,17,18)(H,19,20). The van der Waals surface area contributed by atoms with Crippen LogP contribution in [0.5, 0.6) is 0 Å². The number of carbonyl (C=O) groups excluding carboxylic acids is 1. The van der Waals surface area contributed by atoms with Gasteiger partial charge in [-0.05, 0) is 42.5 Å². The third kappa shape index (κ3) is 3.16. The van der Waals surface area contributed by atoms with Crippen LogP contribution in [0.2, 0.25) is 0 Å². The van der Waals surface area contributed by atoms with Gasteiger partial charge in [0.15, 0.2) is 0 Å². The van der Waals surface area contributed by atoms with Crippen molar-refractivity contribution in [2.24, 2.45) is 0 Å². The molecule has 0 radical (unpaired) electrons. The predicted octanol–water partition coefficient (Wildman–Crippen LogP) is 2.98. The fraction of sp³-hybridized carbons (Fsp3) is 0. The number of amides is 1. The van der Waals surface area contributed by atoms with E-state index < -0.39 is 5.97 Å². The van der Waals surface area contributed by atoms with Gasteiger partial charge in [-0.25, -0.2) is 4.79 Å². The Bertz CT molecular complexity index is 669. The maximum Gasteiger partial charge on any atom is 0.337 e. The molecule has 2 aromatic rings. The Morgan fingerprint density at radius 1 is 1.10 bits per heavy atom. The molecule has 0 aliphatic carbocycles. The van der Waals surface area contributed by atoms with E-state index in [1.165, 1.54) is 18.2 Å². The van der Waals surface area contributed by atoms with E-state index in [-0.39, 0.29) is 17.2 Å². The van der Waals surface area contributed by atoms with Crippen molar-refractivity contribution in [1.82, 2.24) is 0 Å². The highest BCUT2D eigenvalue weighted by atomic mass is 79.9. The van der Waals surface area contributed by atoms with Crippen molar-refractivity contribution >= 4 is 39.2 Å². The molecule has 102 valence electrons. The van der Waals surface area contributed by atoms with Crippen molar-refractivity contribution in [2.45, 2.75) is 0 Å². The van der Waals surface area contributed by atoms with E-state index in [1.54, 1.807) is 24.3 Å². The summed E-state index contributed by atoms with van der Waals surface area (Å²) in [7, 11) is 0. The lowest BCUT2D eigenvalue weighted by atomic mass is 10.1.